The molecule has 0 aliphatic heterocycles. The van der Waals surface area contributed by atoms with Crippen LogP contribution in [0.3, 0.4) is 0 Å². The van der Waals surface area contributed by atoms with E-state index in [1.54, 1.807) is 7.11 Å². The Balaban J connectivity index is 2.41. The summed E-state index contributed by atoms with van der Waals surface area (Å²) in [6, 6.07) is 7.69. The number of ether oxygens (including phenoxy) is 1. The molecule has 1 aromatic heterocycles. The van der Waals surface area contributed by atoms with Crippen LogP contribution >= 0.6 is 0 Å². The van der Waals surface area contributed by atoms with Crippen molar-refractivity contribution < 1.29 is 9.53 Å². The third-order valence-electron chi connectivity index (χ3n) is 3.75. The van der Waals surface area contributed by atoms with E-state index in [9.17, 15) is 4.79 Å². The van der Waals surface area contributed by atoms with Crippen molar-refractivity contribution >= 4 is 5.91 Å². The molecule has 0 saturated heterocycles. The lowest BCUT2D eigenvalue weighted by Crippen LogP contribution is -2.30. The summed E-state index contributed by atoms with van der Waals surface area (Å²) in [5.74, 6) is 0.0567. The van der Waals surface area contributed by atoms with E-state index in [0.29, 0.717) is 25.3 Å². The predicted molar refractivity (Wildman–Crippen MR) is 86.7 cm³/mol. The number of aromatic amines is 1. The highest BCUT2D eigenvalue weighted by Crippen LogP contribution is 2.27. The Morgan fingerprint density at radius 2 is 2.05 bits per heavy atom. The molecule has 0 unspecified atom stereocenters. The molecule has 0 spiro atoms. The Morgan fingerprint density at radius 3 is 2.68 bits per heavy atom. The molecule has 0 radical (unpaired) electrons. The number of aryl methyl sites for hydroxylation is 1. The van der Waals surface area contributed by atoms with E-state index in [1.165, 1.54) is 0 Å². The molecule has 0 saturated carbocycles. The normalized spacial score (nSPS) is 10.7. The molecule has 1 heterocycles. The van der Waals surface area contributed by atoms with Crippen molar-refractivity contribution in [2.24, 2.45) is 0 Å². The largest absolute Gasteiger partial charge is 0.378 e. The minimum atomic E-state index is 0.0567. The molecule has 0 atom stereocenters. The molecule has 0 aliphatic carbocycles. The van der Waals surface area contributed by atoms with Gasteiger partial charge in [0.2, 0.25) is 0 Å². The minimum absolute atomic E-state index is 0.0567. The summed E-state index contributed by atoms with van der Waals surface area (Å²) < 4.78 is 5.20. The van der Waals surface area contributed by atoms with Gasteiger partial charge in [-0.2, -0.15) is 5.10 Å². The van der Waals surface area contributed by atoms with Crippen molar-refractivity contribution in [1.82, 2.24) is 15.1 Å². The second-order valence-corrected chi connectivity index (χ2v) is 5.16. The first-order chi connectivity index (χ1) is 10.6. The first kappa shape index (κ1) is 16.2. The molecule has 1 aromatic carbocycles. The van der Waals surface area contributed by atoms with E-state index in [2.05, 4.69) is 10.2 Å². The molecule has 5 nitrogen and oxygen atoms in total. The van der Waals surface area contributed by atoms with Crippen molar-refractivity contribution in [3.8, 4) is 11.1 Å². The Bertz CT molecular complexity index is 645. The van der Waals surface area contributed by atoms with Gasteiger partial charge >= 0.3 is 0 Å². The number of amides is 1. The molecule has 0 aliphatic rings. The molecular formula is C17H23N3O2. The summed E-state index contributed by atoms with van der Waals surface area (Å²) in [4.78, 5) is 14.3. The van der Waals surface area contributed by atoms with Gasteiger partial charge in [0.05, 0.1) is 12.3 Å². The average molecular weight is 301 g/mol. The second kappa shape index (κ2) is 7.22. The molecule has 0 bridgehead atoms. The van der Waals surface area contributed by atoms with Crippen molar-refractivity contribution in [3.63, 3.8) is 0 Å². The smallest absolute Gasteiger partial charge is 0.253 e. The van der Waals surface area contributed by atoms with Crippen LogP contribution in [0.25, 0.3) is 11.1 Å². The number of aromatic nitrogens is 2. The number of H-pyrrole nitrogens is 1. The van der Waals surface area contributed by atoms with Gasteiger partial charge in [-0.25, -0.2) is 0 Å². The van der Waals surface area contributed by atoms with Crippen molar-refractivity contribution in [3.05, 3.63) is 41.2 Å². The maximum Gasteiger partial charge on any atom is 0.253 e. The molecule has 1 amide bonds. The number of hydrogen-bond donors (Lipinski definition) is 1. The predicted octanol–water partition coefficient (Wildman–Crippen LogP) is 3.01. The van der Waals surface area contributed by atoms with E-state index in [1.807, 2.05) is 49.9 Å². The van der Waals surface area contributed by atoms with Gasteiger partial charge in [0.15, 0.2) is 0 Å². The number of rotatable bonds is 6. The number of methoxy groups -OCH3 is 1. The van der Waals surface area contributed by atoms with Gasteiger partial charge in [-0.15, -0.1) is 0 Å². The quantitative estimate of drug-likeness (QED) is 0.892. The molecule has 22 heavy (non-hydrogen) atoms. The lowest BCUT2D eigenvalue weighted by Gasteiger charge is -2.19. The topological polar surface area (TPSA) is 58.2 Å². The van der Waals surface area contributed by atoms with Gasteiger partial charge in [-0.3, -0.25) is 9.89 Å². The fraction of sp³-hybridized carbons (Fsp3) is 0.412. The van der Waals surface area contributed by atoms with Crippen LogP contribution < -0.4 is 0 Å². The fourth-order valence-electron chi connectivity index (χ4n) is 2.60. The highest BCUT2D eigenvalue weighted by Gasteiger charge is 2.16. The van der Waals surface area contributed by atoms with Gasteiger partial charge < -0.3 is 9.64 Å². The lowest BCUT2D eigenvalue weighted by molar-refractivity contribution is 0.0773. The Kier molecular flexibility index (Phi) is 5.33. The molecule has 2 aromatic rings. The third-order valence-corrected chi connectivity index (χ3v) is 3.75. The van der Waals surface area contributed by atoms with Crippen molar-refractivity contribution in [2.45, 2.75) is 27.4 Å². The first-order valence-corrected chi connectivity index (χ1v) is 7.54. The van der Waals surface area contributed by atoms with E-state index >= 15 is 0 Å². The number of hydrogen-bond acceptors (Lipinski definition) is 3. The van der Waals surface area contributed by atoms with Crippen LogP contribution in [-0.2, 0) is 11.3 Å². The van der Waals surface area contributed by atoms with E-state index in [4.69, 9.17) is 4.74 Å². The van der Waals surface area contributed by atoms with Crippen LogP contribution in [0.4, 0.5) is 0 Å². The first-order valence-electron chi connectivity index (χ1n) is 7.54. The number of benzene rings is 1. The van der Waals surface area contributed by atoms with Gasteiger partial charge in [0.25, 0.3) is 5.91 Å². The summed E-state index contributed by atoms with van der Waals surface area (Å²) in [5.41, 5.74) is 4.52. The Morgan fingerprint density at radius 1 is 1.32 bits per heavy atom. The average Bonchev–Trinajstić information content (AvgIpc) is 2.89. The van der Waals surface area contributed by atoms with Crippen LogP contribution in [0.15, 0.2) is 24.3 Å². The third kappa shape index (κ3) is 3.20. The van der Waals surface area contributed by atoms with E-state index in [-0.39, 0.29) is 5.91 Å². The molecule has 0 fully saturated rings. The molecular weight excluding hydrogens is 278 g/mol. The summed E-state index contributed by atoms with van der Waals surface area (Å²) >= 11 is 0. The van der Waals surface area contributed by atoms with Gasteiger partial charge in [0, 0.05) is 37.0 Å². The zero-order valence-electron chi connectivity index (χ0n) is 13.6. The van der Waals surface area contributed by atoms with E-state index in [0.717, 1.165) is 22.5 Å². The standard InChI is InChI=1S/C17H23N3O2/c1-5-20(6-2)17(21)14-9-7-8-13(10-14)16-12(3)18-19-15(16)11-22-4/h7-10H,5-6,11H2,1-4H3,(H,18,19). The maximum atomic E-state index is 12.5. The van der Waals surface area contributed by atoms with Crippen LogP contribution in [0, 0.1) is 6.92 Å². The van der Waals surface area contributed by atoms with Gasteiger partial charge in [0.1, 0.15) is 0 Å². The molecule has 5 heteroatoms. The zero-order chi connectivity index (χ0) is 16.1. The Labute approximate surface area is 131 Å². The number of nitrogens with zero attached hydrogens (tertiary/aromatic N) is 2. The summed E-state index contributed by atoms with van der Waals surface area (Å²) in [7, 11) is 1.65. The summed E-state index contributed by atoms with van der Waals surface area (Å²) in [6.45, 7) is 7.80. The maximum absolute atomic E-state index is 12.5. The molecule has 118 valence electrons. The van der Waals surface area contributed by atoms with Crippen LogP contribution in [0.2, 0.25) is 0 Å². The van der Waals surface area contributed by atoms with Crippen molar-refractivity contribution in [2.75, 3.05) is 20.2 Å². The lowest BCUT2D eigenvalue weighted by atomic mass is 10.0. The highest BCUT2D eigenvalue weighted by atomic mass is 16.5. The second-order valence-electron chi connectivity index (χ2n) is 5.16. The monoisotopic (exact) mass is 301 g/mol. The fourth-order valence-corrected chi connectivity index (χ4v) is 2.60. The minimum Gasteiger partial charge on any atom is -0.378 e. The number of nitrogens with one attached hydrogen (secondary N) is 1. The van der Waals surface area contributed by atoms with Crippen LogP contribution in [-0.4, -0.2) is 41.2 Å². The number of carbonyl (C=O) groups excluding carboxylic acids is 1. The van der Waals surface area contributed by atoms with E-state index < -0.39 is 0 Å². The summed E-state index contributed by atoms with van der Waals surface area (Å²) in [5, 5.41) is 7.27. The SMILES string of the molecule is CCN(CC)C(=O)c1cccc(-c2c(COC)n[nH]c2C)c1. The Hall–Kier alpha value is -2.14. The van der Waals surface area contributed by atoms with Crippen LogP contribution in [0.1, 0.15) is 35.6 Å². The van der Waals surface area contributed by atoms with Crippen molar-refractivity contribution in [1.29, 1.82) is 0 Å². The van der Waals surface area contributed by atoms with Crippen LogP contribution in [0.5, 0.6) is 0 Å². The zero-order valence-corrected chi connectivity index (χ0v) is 13.6. The molecule has 2 rings (SSSR count). The summed E-state index contributed by atoms with van der Waals surface area (Å²) in [6.07, 6.45) is 0. The highest BCUT2D eigenvalue weighted by molar-refractivity contribution is 5.95. The van der Waals surface area contributed by atoms with Gasteiger partial charge in [-0.1, -0.05) is 12.1 Å². The number of carbonyl (C=O) groups is 1. The molecule has 1 N–H and O–H groups in total. The van der Waals surface area contributed by atoms with Gasteiger partial charge in [-0.05, 0) is 38.5 Å².